The zero-order chi connectivity index (χ0) is 13.4. The molecular formula is C12H18ClO4P. The average Bonchev–Trinajstić information content (AvgIpc) is 2.32. The van der Waals surface area contributed by atoms with Crippen LogP contribution in [0.1, 0.15) is 19.4 Å². The van der Waals surface area contributed by atoms with Gasteiger partial charge in [0.05, 0.1) is 19.8 Å². The first-order chi connectivity index (χ1) is 8.61. The van der Waals surface area contributed by atoms with Crippen molar-refractivity contribution < 1.29 is 18.3 Å². The molecule has 0 heterocycles. The Balaban J connectivity index is 2.49. The molecule has 0 saturated heterocycles. The number of halogens is 1. The summed E-state index contributed by atoms with van der Waals surface area (Å²) < 4.78 is 27.7. The maximum Gasteiger partial charge on any atom is 0.356 e. The van der Waals surface area contributed by atoms with E-state index in [1.165, 1.54) is 0 Å². The average molecular weight is 293 g/mol. The monoisotopic (exact) mass is 292 g/mol. The highest BCUT2D eigenvalue weighted by molar-refractivity contribution is 7.53. The van der Waals surface area contributed by atoms with Gasteiger partial charge in [0.1, 0.15) is 6.35 Å². The topological polar surface area (TPSA) is 44.8 Å². The van der Waals surface area contributed by atoms with E-state index < -0.39 is 7.60 Å². The Labute approximate surface area is 113 Å². The molecule has 0 atom stereocenters. The molecule has 102 valence electrons. The predicted octanol–water partition coefficient (Wildman–Crippen LogP) is 4.08. The van der Waals surface area contributed by atoms with Crippen molar-refractivity contribution in [3.8, 4) is 0 Å². The quantitative estimate of drug-likeness (QED) is 0.677. The second kappa shape index (κ2) is 7.93. The maximum absolute atomic E-state index is 12.1. The van der Waals surface area contributed by atoms with Crippen LogP contribution < -0.4 is 0 Å². The third kappa shape index (κ3) is 5.09. The lowest BCUT2D eigenvalue weighted by atomic mass is 10.2. The van der Waals surface area contributed by atoms with Crippen molar-refractivity contribution in [1.82, 2.24) is 0 Å². The van der Waals surface area contributed by atoms with Gasteiger partial charge >= 0.3 is 7.60 Å². The highest BCUT2D eigenvalue weighted by Crippen LogP contribution is 2.48. The minimum Gasteiger partial charge on any atom is -0.364 e. The van der Waals surface area contributed by atoms with Gasteiger partial charge in [0.25, 0.3) is 0 Å². The second-order valence-corrected chi connectivity index (χ2v) is 5.92. The Kier molecular flexibility index (Phi) is 6.90. The van der Waals surface area contributed by atoms with Crippen LogP contribution in [-0.4, -0.2) is 19.6 Å². The molecule has 0 N–H and O–H groups in total. The molecule has 0 fully saturated rings. The van der Waals surface area contributed by atoms with Crippen molar-refractivity contribution in [2.24, 2.45) is 0 Å². The summed E-state index contributed by atoms with van der Waals surface area (Å²) in [5.74, 6) is 0. The van der Waals surface area contributed by atoms with Crippen LogP contribution in [0.5, 0.6) is 0 Å². The summed E-state index contributed by atoms with van der Waals surface area (Å²) in [5.41, 5.74) is 0.846. The number of hydrogen-bond acceptors (Lipinski definition) is 4. The third-order valence-corrected chi connectivity index (χ3v) is 4.29. The van der Waals surface area contributed by atoms with Crippen LogP contribution in [0.3, 0.4) is 0 Å². The SMILES string of the molecule is CCOP(=O)(COCc1ccccc1Cl)OCC. The Bertz CT molecular complexity index is 401. The molecule has 1 rings (SSSR count). The van der Waals surface area contributed by atoms with Crippen molar-refractivity contribution in [3.05, 3.63) is 34.9 Å². The smallest absolute Gasteiger partial charge is 0.356 e. The summed E-state index contributed by atoms with van der Waals surface area (Å²) in [5, 5.41) is 0.625. The van der Waals surface area contributed by atoms with Crippen molar-refractivity contribution in [2.75, 3.05) is 19.6 Å². The van der Waals surface area contributed by atoms with Gasteiger partial charge in [-0.3, -0.25) is 4.57 Å². The molecule has 0 aliphatic carbocycles. The Hall–Kier alpha value is -0.380. The first-order valence-electron chi connectivity index (χ1n) is 5.80. The van der Waals surface area contributed by atoms with Crippen LogP contribution in [-0.2, 0) is 25.0 Å². The van der Waals surface area contributed by atoms with Gasteiger partial charge in [-0.05, 0) is 25.5 Å². The van der Waals surface area contributed by atoms with Crippen LogP contribution >= 0.6 is 19.2 Å². The molecular weight excluding hydrogens is 275 g/mol. The van der Waals surface area contributed by atoms with Crippen molar-refractivity contribution in [2.45, 2.75) is 20.5 Å². The molecule has 0 unspecified atom stereocenters. The molecule has 0 aliphatic rings. The zero-order valence-electron chi connectivity index (χ0n) is 10.6. The van der Waals surface area contributed by atoms with Gasteiger partial charge in [-0.2, -0.15) is 0 Å². The van der Waals surface area contributed by atoms with Gasteiger partial charge in [-0.1, -0.05) is 29.8 Å². The summed E-state index contributed by atoms with van der Waals surface area (Å²) in [4.78, 5) is 0. The maximum atomic E-state index is 12.1. The number of rotatable bonds is 8. The number of ether oxygens (including phenoxy) is 1. The summed E-state index contributed by atoms with van der Waals surface area (Å²) in [6.45, 7) is 4.46. The van der Waals surface area contributed by atoms with Crippen LogP contribution in [0.25, 0.3) is 0 Å². The van der Waals surface area contributed by atoms with Gasteiger partial charge in [-0.25, -0.2) is 0 Å². The van der Waals surface area contributed by atoms with E-state index in [1.54, 1.807) is 19.9 Å². The fourth-order valence-electron chi connectivity index (χ4n) is 1.39. The molecule has 0 aromatic heterocycles. The van der Waals surface area contributed by atoms with Crippen molar-refractivity contribution >= 4 is 19.2 Å². The van der Waals surface area contributed by atoms with E-state index in [4.69, 9.17) is 25.4 Å². The molecule has 1 aromatic rings. The lowest BCUT2D eigenvalue weighted by Crippen LogP contribution is -2.04. The molecule has 4 nitrogen and oxygen atoms in total. The zero-order valence-corrected chi connectivity index (χ0v) is 12.2. The Morgan fingerprint density at radius 3 is 2.33 bits per heavy atom. The summed E-state index contributed by atoms with van der Waals surface area (Å²) in [6.07, 6.45) is -0.0695. The molecule has 1 aromatic carbocycles. The van der Waals surface area contributed by atoms with E-state index in [-0.39, 0.29) is 13.0 Å². The minimum atomic E-state index is -3.14. The lowest BCUT2D eigenvalue weighted by molar-refractivity contribution is 0.123. The standard InChI is InChI=1S/C12H18ClO4P/c1-3-16-18(14,17-4-2)10-15-9-11-7-5-6-8-12(11)13/h5-8H,3-4,9-10H2,1-2H3. The first-order valence-corrected chi connectivity index (χ1v) is 7.91. The molecule has 0 bridgehead atoms. The van der Waals surface area contributed by atoms with E-state index in [2.05, 4.69) is 0 Å². The van der Waals surface area contributed by atoms with Gasteiger partial charge in [0.15, 0.2) is 0 Å². The second-order valence-electron chi connectivity index (χ2n) is 3.52. The van der Waals surface area contributed by atoms with Crippen molar-refractivity contribution in [3.63, 3.8) is 0 Å². The van der Waals surface area contributed by atoms with Crippen molar-refractivity contribution in [1.29, 1.82) is 0 Å². The van der Waals surface area contributed by atoms with Gasteiger partial charge in [0, 0.05) is 5.02 Å². The van der Waals surface area contributed by atoms with Crippen LogP contribution in [0.2, 0.25) is 5.02 Å². The lowest BCUT2D eigenvalue weighted by Gasteiger charge is -2.17. The van der Waals surface area contributed by atoms with E-state index in [9.17, 15) is 4.57 Å². The summed E-state index contributed by atoms with van der Waals surface area (Å²) >= 11 is 5.99. The Morgan fingerprint density at radius 1 is 1.17 bits per heavy atom. The van der Waals surface area contributed by atoms with Crippen LogP contribution in [0.15, 0.2) is 24.3 Å². The van der Waals surface area contributed by atoms with E-state index in [0.29, 0.717) is 18.2 Å². The molecule has 6 heteroatoms. The molecule has 0 radical (unpaired) electrons. The van der Waals surface area contributed by atoms with Gasteiger partial charge in [0.2, 0.25) is 0 Å². The van der Waals surface area contributed by atoms with E-state index in [1.807, 2.05) is 18.2 Å². The fraction of sp³-hybridized carbons (Fsp3) is 0.500. The highest BCUT2D eigenvalue weighted by Gasteiger charge is 2.23. The molecule has 0 saturated carbocycles. The number of hydrogen-bond donors (Lipinski definition) is 0. The molecule has 0 amide bonds. The van der Waals surface area contributed by atoms with Gasteiger partial charge in [-0.15, -0.1) is 0 Å². The normalized spacial score (nSPS) is 11.7. The fourth-order valence-corrected chi connectivity index (χ4v) is 2.90. The van der Waals surface area contributed by atoms with Crippen LogP contribution in [0, 0.1) is 0 Å². The summed E-state index contributed by atoms with van der Waals surface area (Å²) in [7, 11) is -3.14. The van der Waals surface area contributed by atoms with E-state index in [0.717, 1.165) is 5.56 Å². The van der Waals surface area contributed by atoms with E-state index >= 15 is 0 Å². The van der Waals surface area contributed by atoms with Crippen LogP contribution in [0.4, 0.5) is 0 Å². The summed E-state index contributed by atoms with van der Waals surface area (Å²) in [6, 6.07) is 7.35. The molecule has 0 aliphatic heterocycles. The largest absolute Gasteiger partial charge is 0.364 e. The highest BCUT2D eigenvalue weighted by atomic mass is 35.5. The molecule has 0 spiro atoms. The number of benzene rings is 1. The third-order valence-electron chi connectivity index (χ3n) is 2.12. The predicted molar refractivity (Wildman–Crippen MR) is 72.0 cm³/mol. The minimum absolute atomic E-state index is 0.0695. The first kappa shape index (κ1) is 15.7. The van der Waals surface area contributed by atoms with Gasteiger partial charge < -0.3 is 13.8 Å². The molecule has 18 heavy (non-hydrogen) atoms. The Morgan fingerprint density at radius 2 is 1.78 bits per heavy atom.